The van der Waals surface area contributed by atoms with E-state index in [1.165, 1.54) is 0 Å². The van der Waals surface area contributed by atoms with Crippen molar-refractivity contribution in [3.05, 3.63) is 18.3 Å². The molecule has 1 aliphatic heterocycles. The smallest absolute Gasteiger partial charge is 0.237 e. The summed E-state index contributed by atoms with van der Waals surface area (Å²) in [5.74, 6) is 0.668. The largest absolute Gasteiger partial charge is 0.480 e. The molecule has 94 valence electrons. The summed E-state index contributed by atoms with van der Waals surface area (Å²) in [5, 5.41) is 7.00. The predicted octanol–water partition coefficient (Wildman–Crippen LogP) is 1.89. The van der Waals surface area contributed by atoms with E-state index in [1.807, 2.05) is 12.1 Å². The van der Waals surface area contributed by atoms with Gasteiger partial charge in [-0.1, -0.05) is 13.8 Å². The topological polar surface area (TPSA) is 46.2 Å². The molecule has 0 bridgehead atoms. The van der Waals surface area contributed by atoms with Crippen molar-refractivity contribution in [2.75, 3.05) is 25.5 Å². The van der Waals surface area contributed by atoms with Crippen LogP contribution in [0.2, 0.25) is 0 Å². The second kappa shape index (κ2) is 4.92. The van der Waals surface area contributed by atoms with Crippen LogP contribution in [0.15, 0.2) is 18.3 Å². The normalized spacial score (nSPS) is 23.1. The van der Waals surface area contributed by atoms with Gasteiger partial charge in [0.1, 0.15) is 0 Å². The van der Waals surface area contributed by atoms with Crippen LogP contribution < -0.4 is 15.4 Å². The molecular weight excluding hydrogens is 214 g/mol. The molecule has 17 heavy (non-hydrogen) atoms. The van der Waals surface area contributed by atoms with Crippen LogP contribution in [0, 0.1) is 5.41 Å². The second-order valence-corrected chi connectivity index (χ2v) is 5.21. The first-order valence-electron chi connectivity index (χ1n) is 6.10. The van der Waals surface area contributed by atoms with Crippen molar-refractivity contribution in [3.8, 4) is 5.88 Å². The molecule has 0 spiro atoms. The highest BCUT2D eigenvalue weighted by Crippen LogP contribution is 2.30. The quantitative estimate of drug-likeness (QED) is 0.840. The number of hydrogen-bond acceptors (Lipinski definition) is 4. The maximum absolute atomic E-state index is 5.27. The number of ether oxygens (including phenoxy) is 1. The van der Waals surface area contributed by atoms with E-state index in [4.69, 9.17) is 4.74 Å². The van der Waals surface area contributed by atoms with Gasteiger partial charge in [-0.3, -0.25) is 0 Å². The Labute approximate surface area is 103 Å². The average Bonchev–Trinajstić information content (AvgIpc) is 2.32. The van der Waals surface area contributed by atoms with Gasteiger partial charge in [-0.05, 0) is 30.5 Å². The van der Waals surface area contributed by atoms with Gasteiger partial charge in [0, 0.05) is 18.8 Å². The number of pyridine rings is 1. The van der Waals surface area contributed by atoms with Crippen molar-refractivity contribution in [1.82, 2.24) is 10.3 Å². The Kier molecular flexibility index (Phi) is 3.52. The summed E-state index contributed by atoms with van der Waals surface area (Å²) in [7, 11) is 1.65. The lowest BCUT2D eigenvalue weighted by Gasteiger charge is -2.40. The summed E-state index contributed by atoms with van der Waals surface area (Å²) in [6.07, 6.45) is 2.86. The van der Waals surface area contributed by atoms with Gasteiger partial charge in [0.05, 0.1) is 12.8 Å². The summed E-state index contributed by atoms with van der Waals surface area (Å²) in [6, 6.07) is 4.39. The zero-order valence-electron chi connectivity index (χ0n) is 10.8. The molecule has 2 N–H and O–H groups in total. The number of hydrogen-bond donors (Lipinski definition) is 2. The molecule has 0 aliphatic carbocycles. The van der Waals surface area contributed by atoms with E-state index in [-0.39, 0.29) is 5.41 Å². The van der Waals surface area contributed by atoms with Gasteiger partial charge in [-0.25, -0.2) is 4.98 Å². The van der Waals surface area contributed by atoms with Crippen LogP contribution in [-0.4, -0.2) is 31.2 Å². The Bertz CT molecular complexity index is 379. The fourth-order valence-corrected chi connectivity index (χ4v) is 2.29. The Balaban J connectivity index is 2.14. The Hall–Kier alpha value is -1.29. The van der Waals surface area contributed by atoms with E-state index in [0.717, 1.165) is 25.2 Å². The van der Waals surface area contributed by atoms with Crippen molar-refractivity contribution in [2.45, 2.75) is 26.3 Å². The number of anilines is 1. The molecule has 0 radical (unpaired) electrons. The van der Waals surface area contributed by atoms with Gasteiger partial charge in [0.2, 0.25) is 5.88 Å². The van der Waals surface area contributed by atoms with E-state index in [1.54, 1.807) is 13.3 Å². The summed E-state index contributed by atoms with van der Waals surface area (Å²) in [5.41, 5.74) is 1.22. The molecule has 4 nitrogen and oxygen atoms in total. The SMILES string of the molecule is COc1ncccc1NC1CCNCC1(C)C. The number of piperidine rings is 1. The zero-order valence-corrected chi connectivity index (χ0v) is 10.8. The molecule has 4 heteroatoms. The first-order chi connectivity index (χ1) is 8.13. The predicted molar refractivity (Wildman–Crippen MR) is 69.5 cm³/mol. The van der Waals surface area contributed by atoms with Crippen LogP contribution >= 0.6 is 0 Å². The zero-order chi connectivity index (χ0) is 12.3. The van der Waals surface area contributed by atoms with E-state index in [2.05, 4.69) is 29.5 Å². The number of nitrogens with zero attached hydrogens (tertiary/aromatic N) is 1. The standard InChI is InChI=1S/C13H21N3O/c1-13(2)9-14-8-6-11(13)16-10-5-4-7-15-12(10)17-3/h4-5,7,11,14,16H,6,8-9H2,1-3H3. The lowest BCUT2D eigenvalue weighted by molar-refractivity contribution is 0.236. The van der Waals surface area contributed by atoms with Gasteiger partial charge in [0.25, 0.3) is 0 Å². The van der Waals surface area contributed by atoms with E-state index in [9.17, 15) is 0 Å². The van der Waals surface area contributed by atoms with Crippen LogP contribution in [0.5, 0.6) is 5.88 Å². The van der Waals surface area contributed by atoms with Crippen molar-refractivity contribution in [2.24, 2.45) is 5.41 Å². The van der Waals surface area contributed by atoms with Crippen molar-refractivity contribution in [1.29, 1.82) is 0 Å². The lowest BCUT2D eigenvalue weighted by atomic mass is 9.80. The molecule has 1 aromatic rings. The van der Waals surface area contributed by atoms with E-state index < -0.39 is 0 Å². The number of rotatable bonds is 3. The third-order valence-electron chi connectivity index (χ3n) is 3.43. The van der Waals surface area contributed by atoms with Gasteiger partial charge < -0.3 is 15.4 Å². The number of methoxy groups -OCH3 is 1. The summed E-state index contributed by atoms with van der Waals surface area (Å²) in [4.78, 5) is 4.21. The Morgan fingerprint density at radius 1 is 1.53 bits per heavy atom. The second-order valence-electron chi connectivity index (χ2n) is 5.21. The van der Waals surface area contributed by atoms with Crippen LogP contribution in [0.25, 0.3) is 0 Å². The molecule has 0 saturated carbocycles. The van der Waals surface area contributed by atoms with Crippen LogP contribution in [0.1, 0.15) is 20.3 Å². The first-order valence-corrected chi connectivity index (χ1v) is 6.10. The fraction of sp³-hybridized carbons (Fsp3) is 0.615. The first kappa shape index (κ1) is 12.2. The highest BCUT2D eigenvalue weighted by atomic mass is 16.5. The highest BCUT2D eigenvalue weighted by molar-refractivity contribution is 5.53. The average molecular weight is 235 g/mol. The van der Waals surface area contributed by atoms with Gasteiger partial charge in [0.15, 0.2) is 0 Å². The van der Waals surface area contributed by atoms with Crippen molar-refractivity contribution >= 4 is 5.69 Å². The van der Waals surface area contributed by atoms with Gasteiger partial charge in [-0.15, -0.1) is 0 Å². The molecule has 0 amide bonds. The minimum atomic E-state index is 0.235. The number of aromatic nitrogens is 1. The fourth-order valence-electron chi connectivity index (χ4n) is 2.29. The molecule has 2 rings (SSSR count). The molecular formula is C13H21N3O. The minimum Gasteiger partial charge on any atom is -0.480 e. The molecule has 1 aromatic heterocycles. The highest BCUT2D eigenvalue weighted by Gasteiger charge is 2.32. The van der Waals surface area contributed by atoms with Crippen LogP contribution in [0.3, 0.4) is 0 Å². The minimum absolute atomic E-state index is 0.235. The summed E-state index contributed by atoms with van der Waals surface area (Å²) in [6.45, 7) is 6.65. The molecule has 2 heterocycles. The maximum Gasteiger partial charge on any atom is 0.237 e. The van der Waals surface area contributed by atoms with Crippen LogP contribution in [-0.2, 0) is 0 Å². The Morgan fingerprint density at radius 3 is 3.06 bits per heavy atom. The van der Waals surface area contributed by atoms with E-state index >= 15 is 0 Å². The van der Waals surface area contributed by atoms with Crippen molar-refractivity contribution < 1.29 is 4.74 Å². The Morgan fingerprint density at radius 2 is 2.35 bits per heavy atom. The number of nitrogens with one attached hydrogen (secondary N) is 2. The monoisotopic (exact) mass is 235 g/mol. The summed E-state index contributed by atoms with van der Waals surface area (Å²) >= 11 is 0. The lowest BCUT2D eigenvalue weighted by Crippen LogP contribution is -2.49. The molecule has 1 aliphatic rings. The molecule has 1 unspecified atom stereocenters. The van der Waals surface area contributed by atoms with Crippen LogP contribution in [0.4, 0.5) is 5.69 Å². The molecule has 1 atom stereocenters. The third-order valence-corrected chi connectivity index (χ3v) is 3.43. The maximum atomic E-state index is 5.27. The molecule has 1 saturated heterocycles. The van der Waals surface area contributed by atoms with Gasteiger partial charge >= 0.3 is 0 Å². The summed E-state index contributed by atoms with van der Waals surface area (Å²) < 4.78 is 5.27. The molecule has 0 aromatic carbocycles. The molecule has 1 fully saturated rings. The van der Waals surface area contributed by atoms with E-state index in [0.29, 0.717) is 11.9 Å². The third kappa shape index (κ3) is 2.69. The van der Waals surface area contributed by atoms with Gasteiger partial charge in [-0.2, -0.15) is 0 Å². The van der Waals surface area contributed by atoms with Crippen molar-refractivity contribution in [3.63, 3.8) is 0 Å².